The standard InChI is InChI=1S/C20H19ClN2O3S2/c1-14-4-9-18(12-19(14)21)28(25,26)23-16-7-5-15(6-8-16)11-20(24)22-13-17-3-2-10-27-17/h2-10,12,23H,11,13H2,1H3,(H,22,24). The van der Waals surface area contributed by atoms with Crippen LogP contribution in [0.4, 0.5) is 5.69 Å². The molecule has 0 radical (unpaired) electrons. The van der Waals surface area contributed by atoms with Gasteiger partial charge in [0, 0.05) is 15.6 Å². The lowest BCUT2D eigenvalue weighted by molar-refractivity contribution is -0.120. The Morgan fingerprint density at radius 3 is 2.50 bits per heavy atom. The Labute approximate surface area is 173 Å². The maximum absolute atomic E-state index is 12.5. The Hall–Kier alpha value is -2.35. The number of carbonyl (C=O) groups excluding carboxylic acids is 1. The van der Waals surface area contributed by atoms with Gasteiger partial charge in [0.05, 0.1) is 17.9 Å². The van der Waals surface area contributed by atoms with E-state index in [0.717, 1.165) is 16.0 Å². The van der Waals surface area contributed by atoms with E-state index < -0.39 is 10.0 Å². The van der Waals surface area contributed by atoms with Crippen molar-refractivity contribution >= 4 is 44.6 Å². The predicted molar refractivity (Wildman–Crippen MR) is 113 cm³/mol. The molecule has 146 valence electrons. The number of hydrogen-bond acceptors (Lipinski definition) is 4. The molecule has 0 aliphatic rings. The van der Waals surface area contributed by atoms with E-state index in [0.29, 0.717) is 17.3 Å². The summed E-state index contributed by atoms with van der Waals surface area (Å²) in [5.74, 6) is -0.0870. The molecule has 8 heteroatoms. The van der Waals surface area contributed by atoms with Crippen molar-refractivity contribution in [1.82, 2.24) is 5.32 Å². The number of carbonyl (C=O) groups is 1. The van der Waals surface area contributed by atoms with Crippen LogP contribution in [0.1, 0.15) is 16.0 Å². The SMILES string of the molecule is Cc1ccc(S(=O)(=O)Nc2ccc(CC(=O)NCc3cccs3)cc2)cc1Cl. The number of hydrogen-bond donors (Lipinski definition) is 2. The third-order valence-corrected chi connectivity index (χ3v) is 6.73. The summed E-state index contributed by atoms with van der Waals surface area (Å²) in [4.78, 5) is 13.2. The molecule has 2 aromatic carbocycles. The van der Waals surface area contributed by atoms with Gasteiger partial charge in [0.25, 0.3) is 10.0 Å². The fraction of sp³-hybridized carbons (Fsp3) is 0.150. The minimum atomic E-state index is -3.73. The predicted octanol–water partition coefficient (Wildman–Crippen LogP) is 4.37. The first-order valence-corrected chi connectivity index (χ1v) is 11.2. The molecule has 0 saturated carbocycles. The second-order valence-electron chi connectivity index (χ2n) is 6.25. The number of halogens is 1. The summed E-state index contributed by atoms with van der Waals surface area (Å²) in [6.07, 6.45) is 0.228. The van der Waals surface area contributed by atoms with Crippen molar-refractivity contribution < 1.29 is 13.2 Å². The van der Waals surface area contributed by atoms with Crippen LogP contribution in [0.2, 0.25) is 5.02 Å². The van der Waals surface area contributed by atoms with Crippen molar-refractivity contribution in [1.29, 1.82) is 0 Å². The molecule has 5 nitrogen and oxygen atoms in total. The molecule has 0 atom stereocenters. The van der Waals surface area contributed by atoms with E-state index in [4.69, 9.17) is 11.6 Å². The first-order chi connectivity index (χ1) is 13.3. The number of anilines is 1. The van der Waals surface area contributed by atoms with Crippen LogP contribution in [0, 0.1) is 6.92 Å². The van der Waals surface area contributed by atoms with Crippen molar-refractivity contribution in [3.8, 4) is 0 Å². The molecule has 1 aromatic heterocycles. The number of amides is 1. The highest BCUT2D eigenvalue weighted by atomic mass is 35.5. The van der Waals surface area contributed by atoms with Gasteiger partial charge in [0.2, 0.25) is 5.91 Å². The van der Waals surface area contributed by atoms with E-state index in [1.165, 1.54) is 12.1 Å². The number of nitrogens with one attached hydrogen (secondary N) is 2. The molecule has 1 amide bonds. The van der Waals surface area contributed by atoms with E-state index >= 15 is 0 Å². The van der Waals surface area contributed by atoms with Gasteiger partial charge in [-0.3, -0.25) is 9.52 Å². The van der Waals surface area contributed by atoms with Crippen LogP contribution in [0.15, 0.2) is 64.9 Å². The van der Waals surface area contributed by atoms with Crippen LogP contribution in [0.3, 0.4) is 0 Å². The zero-order valence-corrected chi connectivity index (χ0v) is 17.5. The Balaban J connectivity index is 1.60. The van der Waals surface area contributed by atoms with E-state index in [2.05, 4.69) is 10.0 Å². The number of thiophene rings is 1. The minimum Gasteiger partial charge on any atom is -0.351 e. The fourth-order valence-electron chi connectivity index (χ4n) is 2.49. The third-order valence-electron chi connectivity index (χ3n) is 4.06. The molecule has 0 fully saturated rings. The molecule has 0 saturated heterocycles. The highest BCUT2D eigenvalue weighted by molar-refractivity contribution is 7.92. The first-order valence-electron chi connectivity index (χ1n) is 8.50. The van der Waals surface area contributed by atoms with Gasteiger partial charge in [-0.25, -0.2) is 8.42 Å². The Bertz CT molecular complexity index is 1060. The van der Waals surface area contributed by atoms with Gasteiger partial charge in [-0.15, -0.1) is 11.3 Å². The van der Waals surface area contributed by atoms with Crippen molar-refractivity contribution in [2.24, 2.45) is 0 Å². The van der Waals surface area contributed by atoms with Gasteiger partial charge in [-0.1, -0.05) is 35.9 Å². The summed E-state index contributed by atoms with van der Waals surface area (Å²) in [7, 11) is -3.73. The van der Waals surface area contributed by atoms with Crippen molar-refractivity contribution in [3.05, 3.63) is 81.0 Å². The van der Waals surface area contributed by atoms with Crippen molar-refractivity contribution in [3.63, 3.8) is 0 Å². The second-order valence-corrected chi connectivity index (χ2v) is 9.37. The molecule has 0 unspecified atom stereocenters. The molecule has 3 rings (SSSR count). The number of rotatable bonds is 7. The molecule has 0 bridgehead atoms. The molecular formula is C20H19ClN2O3S2. The summed E-state index contributed by atoms with van der Waals surface area (Å²) in [6.45, 7) is 2.31. The van der Waals surface area contributed by atoms with Gasteiger partial charge in [-0.05, 0) is 53.8 Å². The molecular weight excluding hydrogens is 416 g/mol. The Morgan fingerprint density at radius 1 is 1.11 bits per heavy atom. The van der Waals surface area contributed by atoms with E-state index in [9.17, 15) is 13.2 Å². The fourth-order valence-corrected chi connectivity index (χ4v) is 4.47. The van der Waals surface area contributed by atoms with E-state index in [-0.39, 0.29) is 17.2 Å². The maximum atomic E-state index is 12.5. The number of aryl methyl sites for hydroxylation is 1. The summed E-state index contributed by atoms with van der Waals surface area (Å²) < 4.78 is 27.5. The number of sulfonamides is 1. The van der Waals surface area contributed by atoms with Crippen LogP contribution >= 0.6 is 22.9 Å². The largest absolute Gasteiger partial charge is 0.351 e. The molecule has 0 spiro atoms. The van der Waals surface area contributed by atoms with Crippen LogP contribution < -0.4 is 10.0 Å². The molecule has 28 heavy (non-hydrogen) atoms. The topological polar surface area (TPSA) is 75.3 Å². The van der Waals surface area contributed by atoms with Crippen LogP contribution in [0.5, 0.6) is 0 Å². The lowest BCUT2D eigenvalue weighted by Crippen LogP contribution is -2.24. The molecule has 0 aliphatic heterocycles. The molecule has 0 aliphatic carbocycles. The summed E-state index contributed by atoms with van der Waals surface area (Å²) in [5, 5.41) is 5.22. The Kier molecular flexibility index (Phi) is 6.39. The molecule has 2 N–H and O–H groups in total. The smallest absolute Gasteiger partial charge is 0.261 e. The van der Waals surface area contributed by atoms with Gasteiger partial charge < -0.3 is 5.32 Å². The maximum Gasteiger partial charge on any atom is 0.261 e. The van der Waals surface area contributed by atoms with Crippen LogP contribution in [-0.2, 0) is 27.8 Å². The highest BCUT2D eigenvalue weighted by Crippen LogP contribution is 2.22. The van der Waals surface area contributed by atoms with Crippen LogP contribution in [-0.4, -0.2) is 14.3 Å². The normalized spacial score (nSPS) is 11.2. The zero-order chi connectivity index (χ0) is 20.1. The monoisotopic (exact) mass is 434 g/mol. The van der Waals surface area contributed by atoms with Gasteiger partial charge in [0.15, 0.2) is 0 Å². The van der Waals surface area contributed by atoms with E-state index in [1.54, 1.807) is 41.7 Å². The van der Waals surface area contributed by atoms with Crippen molar-refractivity contribution in [2.75, 3.05) is 4.72 Å². The van der Waals surface area contributed by atoms with Gasteiger partial charge in [0.1, 0.15) is 0 Å². The summed E-state index contributed by atoms with van der Waals surface area (Å²) in [6, 6.07) is 15.2. The molecule has 3 aromatic rings. The highest BCUT2D eigenvalue weighted by Gasteiger charge is 2.15. The average molecular weight is 435 g/mol. The van der Waals surface area contributed by atoms with Gasteiger partial charge >= 0.3 is 0 Å². The second kappa shape index (κ2) is 8.77. The van der Waals surface area contributed by atoms with Gasteiger partial charge in [-0.2, -0.15) is 0 Å². The van der Waals surface area contributed by atoms with Crippen LogP contribution in [0.25, 0.3) is 0 Å². The lowest BCUT2D eigenvalue weighted by atomic mass is 10.1. The average Bonchev–Trinajstić information content (AvgIpc) is 3.17. The summed E-state index contributed by atoms with van der Waals surface area (Å²) >= 11 is 7.61. The quantitative estimate of drug-likeness (QED) is 0.579. The lowest BCUT2D eigenvalue weighted by Gasteiger charge is -2.10. The van der Waals surface area contributed by atoms with Crippen molar-refractivity contribution in [2.45, 2.75) is 24.8 Å². The molecule has 1 heterocycles. The van der Waals surface area contributed by atoms with E-state index in [1.807, 2.05) is 24.4 Å². The number of benzene rings is 2. The third kappa shape index (κ3) is 5.34. The summed E-state index contributed by atoms with van der Waals surface area (Å²) in [5.41, 5.74) is 2.02. The zero-order valence-electron chi connectivity index (χ0n) is 15.1. The first kappa shape index (κ1) is 20.4. The Morgan fingerprint density at radius 2 is 1.86 bits per heavy atom. The minimum absolute atomic E-state index is 0.0870.